The number of nitrogens with zero attached hydrogens (tertiary/aromatic N) is 1. The zero-order chi connectivity index (χ0) is 16.0. The summed E-state index contributed by atoms with van der Waals surface area (Å²) in [5, 5.41) is 2.78. The summed E-state index contributed by atoms with van der Waals surface area (Å²) in [6.07, 6.45) is 2.53. The Morgan fingerprint density at radius 3 is 2.48 bits per heavy atom. The molecule has 0 unspecified atom stereocenters. The van der Waals surface area contributed by atoms with Gasteiger partial charge in [-0.05, 0) is 31.2 Å². The van der Waals surface area contributed by atoms with Crippen LogP contribution in [0.25, 0.3) is 0 Å². The summed E-state index contributed by atoms with van der Waals surface area (Å²) in [5.74, 6) is -2.47. The second-order valence-electron chi connectivity index (χ2n) is 4.95. The van der Waals surface area contributed by atoms with E-state index in [1.807, 2.05) is 6.92 Å². The fourth-order valence-electron chi connectivity index (χ4n) is 1.98. The summed E-state index contributed by atoms with van der Waals surface area (Å²) in [6, 6.07) is 2.18. The Bertz CT molecular complexity index is 577. The summed E-state index contributed by atoms with van der Waals surface area (Å²) in [4.78, 5) is -0.605. The van der Waals surface area contributed by atoms with Crippen LogP contribution in [-0.2, 0) is 16.6 Å². The molecule has 1 aromatic carbocycles. The van der Waals surface area contributed by atoms with Crippen LogP contribution in [0.5, 0.6) is 0 Å². The van der Waals surface area contributed by atoms with E-state index in [1.165, 1.54) is 13.1 Å². The Hall–Kier alpha value is -1.05. The smallest absolute Gasteiger partial charge is 0.245 e. The predicted molar refractivity (Wildman–Crippen MR) is 78.5 cm³/mol. The molecule has 0 atom stereocenters. The summed E-state index contributed by atoms with van der Waals surface area (Å²) < 4.78 is 53.2. The molecular formula is C14H22F2N2O2S. The van der Waals surface area contributed by atoms with Crippen LogP contribution < -0.4 is 5.32 Å². The molecule has 4 nitrogen and oxygen atoms in total. The first kappa shape index (κ1) is 18.0. The number of halogens is 2. The van der Waals surface area contributed by atoms with Crippen molar-refractivity contribution in [1.82, 2.24) is 9.62 Å². The summed E-state index contributed by atoms with van der Waals surface area (Å²) in [6.45, 7) is 2.55. The molecule has 0 spiro atoms. The molecule has 1 aromatic rings. The summed E-state index contributed by atoms with van der Waals surface area (Å²) in [7, 11) is -0.996. The van der Waals surface area contributed by atoms with Crippen LogP contribution >= 0.6 is 0 Å². The third-order valence-electron chi connectivity index (χ3n) is 3.20. The first-order valence-electron chi connectivity index (χ1n) is 6.93. The number of sulfonamides is 1. The van der Waals surface area contributed by atoms with E-state index in [9.17, 15) is 17.2 Å². The van der Waals surface area contributed by atoms with Gasteiger partial charge in [-0.3, -0.25) is 0 Å². The number of hydrogen-bond donors (Lipinski definition) is 1. The Kier molecular flexibility index (Phi) is 6.70. The van der Waals surface area contributed by atoms with E-state index in [-0.39, 0.29) is 13.1 Å². The van der Waals surface area contributed by atoms with Crippen LogP contribution in [0.2, 0.25) is 0 Å². The van der Waals surface area contributed by atoms with Crippen molar-refractivity contribution >= 4 is 10.0 Å². The number of benzene rings is 1. The SMILES string of the molecule is CCCCCN(C)S(=O)(=O)c1cc(CNC)cc(F)c1F. The minimum atomic E-state index is -4.02. The van der Waals surface area contributed by atoms with Crippen molar-refractivity contribution in [3.05, 3.63) is 29.3 Å². The van der Waals surface area contributed by atoms with E-state index in [2.05, 4.69) is 5.32 Å². The van der Waals surface area contributed by atoms with E-state index < -0.39 is 26.6 Å². The van der Waals surface area contributed by atoms with Crippen molar-refractivity contribution in [2.75, 3.05) is 20.6 Å². The van der Waals surface area contributed by atoms with Gasteiger partial charge in [0.25, 0.3) is 0 Å². The molecule has 0 aliphatic heterocycles. The standard InChI is InChI=1S/C14H22F2N2O2S/c1-4-5-6-7-18(3)21(19,20)13-9-11(10-17-2)8-12(15)14(13)16/h8-9,17H,4-7,10H2,1-3H3. The molecule has 0 amide bonds. The molecule has 120 valence electrons. The van der Waals surface area contributed by atoms with Crippen molar-refractivity contribution in [3.63, 3.8) is 0 Å². The third-order valence-corrected chi connectivity index (χ3v) is 5.06. The monoisotopic (exact) mass is 320 g/mol. The second-order valence-corrected chi connectivity index (χ2v) is 6.97. The summed E-state index contributed by atoms with van der Waals surface area (Å²) >= 11 is 0. The lowest BCUT2D eigenvalue weighted by atomic mass is 10.2. The van der Waals surface area contributed by atoms with Crippen LogP contribution in [0.1, 0.15) is 31.7 Å². The van der Waals surface area contributed by atoms with Gasteiger partial charge in [-0.15, -0.1) is 0 Å². The zero-order valence-corrected chi connectivity index (χ0v) is 13.4. The van der Waals surface area contributed by atoms with Gasteiger partial charge in [0.05, 0.1) is 0 Å². The second kappa shape index (κ2) is 7.82. The van der Waals surface area contributed by atoms with E-state index in [0.29, 0.717) is 12.0 Å². The molecule has 0 fully saturated rings. The van der Waals surface area contributed by atoms with Crippen LogP contribution in [0.4, 0.5) is 8.78 Å². The van der Waals surface area contributed by atoms with Gasteiger partial charge in [-0.2, -0.15) is 0 Å². The maximum Gasteiger partial charge on any atom is 0.245 e. The zero-order valence-electron chi connectivity index (χ0n) is 12.6. The fourth-order valence-corrected chi connectivity index (χ4v) is 3.31. The third kappa shape index (κ3) is 4.46. The largest absolute Gasteiger partial charge is 0.316 e. The van der Waals surface area contributed by atoms with Crippen LogP contribution in [0, 0.1) is 11.6 Å². The molecule has 7 heteroatoms. The van der Waals surface area contributed by atoms with Gasteiger partial charge >= 0.3 is 0 Å². The van der Waals surface area contributed by atoms with E-state index >= 15 is 0 Å². The fraction of sp³-hybridized carbons (Fsp3) is 0.571. The topological polar surface area (TPSA) is 49.4 Å². The van der Waals surface area contributed by atoms with E-state index in [0.717, 1.165) is 23.2 Å². The van der Waals surface area contributed by atoms with Crippen LogP contribution in [-0.4, -0.2) is 33.4 Å². The predicted octanol–water partition coefficient (Wildman–Crippen LogP) is 2.49. The van der Waals surface area contributed by atoms with E-state index in [4.69, 9.17) is 0 Å². The normalized spacial score (nSPS) is 12.1. The quantitative estimate of drug-likeness (QED) is 0.749. The maximum absolute atomic E-state index is 13.9. The highest BCUT2D eigenvalue weighted by Crippen LogP contribution is 2.23. The molecule has 0 aromatic heterocycles. The number of rotatable bonds is 8. The molecular weight excluding hydrogens is 298 g/mol. The van der Waals surface area contributed by atoms with Crippen LogP contribution in [0.15, 0.2) is 17.0 Å². The molecule has 1 rings (SSSR count). The lowest BCUT2D eigenvalue weighted by Crippen LogP contribution is -2.29. The maximum atomic E-state index is 13.9. The van der Waals surface area contributed by atoms with Gasteiger partial charge < -0.3 is 5.32 Å². The molecule has 0 bridgehead atoms. The molecule has 0 heterocycles. The minimum absolute atomic E-state index is 0.263. The van der Waals surface area contributed by atoms with Crippen molar-refractivity contribution in [2.24, 2.45) is 0 Å². The van der Waals surface area contributed by atoms with Crippen molar-refractivity contribution < 1.29 is 17.2 Å². The molecule has 0 radical (unpaired) electrons. The highest BCUT2D eigenvalue weighted by molar-refractivity contribution is 7.89. The Labute approximate surface area is 125 Å². The molecule has 1 N–H and O–H groups in total. The average molecular weight is 320 g/mol. The van der Waals surface area contributed by atoms with Gasteiger partial charge in [-0.1, -0.05) is 19.8 Å². The van der Waals surface area contributed by atoms with Gasteiger partial charge in [0.1, 0.15) is 4.90 Å². The highest BCUT2D eigenvalue weighted by Gasteiger charge is 2.26. The Morgan fingerprint density at radius 2 is 1.90 bits per heavy atom. The molecule has 0 aliphatic rings. The number of unbranched alkanes of at least 4 members (excludes halogenated alkanes) is 2. The van der Waals surface area contributed by atoms with Crippen LogP contribution in [0.3, 0.4) is 0 Å². The number of nitrogens with one attached hydrogen (secondary N) is 1. The van der Waals surface area contributed by atoms with Gasteiger partial charge in [0, 0.05) is 20.1 Å². The van der Waals surface area contributed by atoms with Crippen molar-refractivity contribution in [2.45, 2.75) is 37.6 Å². The first-order chi connectivity index (χ1) is 9.84. The Balaban J connectivity index is 3.11. The lowest BCUT2D eigenvalue weighted by Gasteiger charge is -2.18. The minimum Gasteiger partial charge on any atom is -0.316 e. The number of hydrogen-bond acceptors (Lipinski definition) is 3. The molecule has 0 saturated carbocycles. The van der Waals surface area contributed by atoms with Gasteiger partial charge in [0.2, 0.25) is 10.0 Å². The average Bonchev–Trinajstić information content (AvgIpc) is 2.42. The molecule has 21 heavy (non-hydrogen) atoms. The first-order valence-corrected chi connectivity index (χ1v) is 8.37. The van der Waals surface area contributed by atoms with Crippen molar-refractivity contribution in [3.8, 4) is 0 Å². The highest BCUT2D eigenvalue weighted by atomic mass is 32.2. The van der Waals surface area contributed by atoms with Crippen molar-refractivity contribution in [1.29, 1.82) is 0 Å². The Morgan fingerprint density at radius 1 is 1.24 bits per heavy atom. The molecule has 0 saturated heterocycles. The lowest BCUT2D eigenvalue weighted by molar-refractivity contribution is 0.439. The summed E-state index contributed by atoms with van der Waals surface area (Å²) in [5.41, 5.74) is 0.386. The van der Waals surface area contributed by atoms with E-state index in [1.54, 1.807) is 7.05 Å². The van der Waals surface area contributed by atoms with Gasteiger partial charge in [-0.25, -0.2) is 21.5 Å². The van der Waals surface area contributed by atoms with Gasteiger partial charge in [0.15, 0.2) is 11.6 Å². The molecule has 0 aliphatic carbocycles.